The Morgan fingerprint density at radius 2 is 1.79 bits per heavy atom. The summed E-state index contributed by atoms with van der Waals surface area (Å²) in [5.74, 6) is -0.181. The second-order valence-electron chi connectivity index (χ2n) is 6.19. The molecule has 0 aliphatic carbocycles. The quantitative estimate of drug-likeness (QED) is 0.643. The molecule has 146 valence electrons. The van der Waals surface area contributed by atoms with Crippen LogP contribution in [0.3, 0.4) is 0 Å². The minimum Gasteiger partial charge on any atom is -0.492 e. The minimum atomic E-state index is -0.390. The van der Waals surface area contributed by atoms with Crippen molar-refractivity contribution in [3.63, 3.8) is 0 Å². The standard InChI is InChI=1S/C21H20Cl2N2O3/c1-3-11-25-20(26)18(14-10-9-13(22)12-15(14)23)19(21(25)27)24-16-7-5-6-8-17(16)28-4-2/h5-10,12,24H,3-4,11H2,1-2H3. The third-order valence-corrected chi connectivity index (χ3v) is 4.81. The van der Waals surface area contributed by atoms with Crippen LogP contribution in [0, 0.1) is 0 Å². The largest absolute Gasteiger partial charge is 0.492 e. The summed E-state index contributed by atoms with van der Waals surface area (Å²) in [6, 6.07) is 12.1. The van der Waals surface area contributed by atoms with E-state index in [1.54, 1.807) is 30.3 Å². The van der Waals surface area contributed by atoms with Gasteiger partial charge in [-0.25, -0.2) is 0 Å². The summed E-state index contributed by atoms with van der Waals surface area (Å²) in [7, 11) is 0. The van der Waals surface area contributed by atoms with Gasteiger partial charge in [0.2, 0.25) is 0 Å². The predicted octanol–water partition coefficient (Wildman–Crippen LogP) is 4.99. The normalized spacial score (nSPS) is 14.1. The molecule has 0 radical (unpaired) electrons. The lowest BCUT2D eigenvalue weighted by Gasteiger charge is -2.15. The number of hydrogen-bond acceptors (Lipinski definition) is 4. The zero-order chi connectivity index (χ0) is 20.3. The summed E-state index contributed by atoms with van der Waals surface area (Å²) in [6.07, 6.45) is 0.655. The van der Waals surface area contributed by atoms with Gasteiger partial charge in [-0.05, 0) is 37.6 Å². The molecular weight excluding hydrogens is 399 g/mol. The lowest BCUT2D eigenvalue weighted by molar-refractivity contribution is -0.136. The Labute approximate surface area is 173 Å². The maximum atomic E-state index is 13.0. The van der Waals surface area contributed by atoms with E-state index in [0.29, 0.717) is 46.6 Å². The molecule has 0 saturated carbocycles. The van der Waals surface area contributed by atoms with Crippen molar-refractivity contribution in [1.82, 2.24) is 4.90 Å². The fourth-order valence-electron chi connectivity index (χ4n) is 3.05. The van der Waals surface area contributed by atoms with E-state index in [2.05, 4.69) is 5.32 Å². The average Bonchev–Trinajstić information content (AvgIpc) is 2.89. The number of anilines is 1. The number of amides is 2. The van der Waals surface area contributed by atoms with Gasteiger partial charge in [-0.1, -0.05) is 48.3 Å². The van der Waals surface area contributed by atoms with Crippen LogP contribution in [0.1, 0.15) is 25.8 Å². The molecule has 0 saturated heterocycles. The van der Waals surface area contributed by atoms with E-state index in [4.69, 9.17) is 27.9 Å². The molecule has 1 aliphatic rings. The van der Waals surface area contributed by atoms with E-state index in [1.807, 2.05) is 26.0 Å². The van der Waals surface area contributed by atoms with E-state index in [0.717, 1.165) is 0 Å². The second kappa shape index (κ2) is 8.67. The van der Waals surface area contributed by atoms with Gasteiger partial charge in [-0.3, -0.25) is 14.5 Å². The van der Waals surface area contributed by atoms with Gasteiger partial charge in [0.25, 0.3) is 11.8 Å². The molecule has 0 atom stereocenters. The first-order valence-electron chi connectivity index (χ1n) is 9.02. The molecule has 2 aromatic rings. The maximum Gasteiger partial charge on any atom is 0.278 e. The highest BCUT2D eigenvalue weighted by Gasteiger charge is 2.39. The molecule has 2 amide bonds. The Balaban J connectivity index is 2.12. The fraction of sp³-hybridized carbons (Fsp3) is 0.238. The average molecular weight is 419 g/mol. The second-order valence-corrected chi connectivity index (χ2v) is 7.03. The fourth-order valence-corrected chi connectivity index (χ4v) is 3.55. The molecular formula is C21H20Cl2N2O3. The summed E-state index contributed by atoms with van der Waals surface area (Å²) < 4.78 is 5.63. The van der Waals surface area contributed by atoms with Crippen molar-refractivity contribution in [2.45, 2.75) is 20.3 Å². The zero-order valence-electron chi connectivity index (χ0n) is 15.6. The van der Waals surface area contributed by atoms with Crippen LogP contribution in [0.15, 0.2) is 48.2 Å². The zero-order valence-corrected chi connectivity index (χ0v) is 17.1. The molecule has 0 aromatic heterocycles. The van der Waals surface area contributed by atoms with Crippen LogP contribution in [0.2, 0.25) is 10.0 Å². The minimum absolute atomic E-state index is 0.176. The van der Waals surface area contributed by atoms with Crippen molar-refractivity contribution in [1.29, 1.82) is 0 Å². The Morgan fingerprint density at radius 3 is 2.46 bits per heavy atom. The van der Waals surface area contributed by atoms with Gasteiger partial charge >= 0.3 is 0 Å². The highest BCUT2D eigenvalue weighted by atomic mass is 35.5. The number of carbonyl (C=O) groups excluding carboxylic acids is 2. The van der Waals surface area contributed by atoms with Crippen LogP contribution in [0.4, 0.5) is 5.69 Å². The van der Waals surface area contributed by atoms with Gasteiger partial charge in [0.05, 0.1) is 22.9 Å². The van der Waals surface area contributed by atoms with Crippen LogP contribution < -0.4 is 10.1 Å². The first-order chi connectivity index (χ1) is 13.5. The highest BCUT2D eigenvalue weighted by molar-refractivity contribution is 6.41. The van der Waals surface area contributed by atoms with Crippen LogP contribution in [-0.4, -0.2) is 29.9 Å². The molecule has 28 heavy (non-hydrogen) atoms. The first kappa shape index (κ1) is 20.2. The number of nitrogens with zero attached hydrogens (tertiary/aromatic N) is 1. The smallest absolute Gasteiger partial charge is 0.278 e. The molecule has 0 fully saturated rings. The third-order valence-electron chi connectivity index (χ3n) is 4.26. The topological polar surface area (TPSA) is 58.6 Å². The molecule has 1 aliphatic heterocycles. The number of para-hydroxylation sites is 2. The molecule has 2 aromatic carbocycles. The van der Waals surface area contributed by atoms with Gasteiger partial charge in [0.15, 0.2) is 0 Å². The number of benzene rings is 2. The van der Waals surface area contributed by atoms with E-state index in [1.165, 1.54) is 4.90 Å². The summed E-state index contributed by atoms with van der Waals surface area (Å²) in [5, 5.41) is 3.86. The van der Waals surface area contributed by atoms with E-state index in [9.17, 15) is 9.59 Å². The summed E-state index contributed by atoms with van der Waals surface area (Å²) >= 11 is 12.3. The van der Waals surface area contributed by atoms with E-state index in [-0.39, 0.29) is 23.1 Å². The number of imide groups is 1. The van der Waals surface area contributed by atoms with Gasteiger partial charge in [-0.2, -0.15) is 0 Å². The summed E-state index contributed by atoms with van der Waals surface area (Å²) in [4.78, 5) is 27.3. The molecule has 7 heteroatoms. The number of rotatable bonds is 7. The predicted molar refractivity (Wildman–Crippen MR) is 112 cm³/mol. The lowest BCUT2D eigenvalue weighted by atomic mass is 10.0. The van der Waals surface area contributed by atoms with Gasteiger partial charge in [-0.15, -0.1) is 0 Å². The number of hydrogen-bond donors (Lipinski definition) is 1. The van der Waals surface area contributed by atoms with E-state index >= 15 is 0 Å². The Morgan fingerprint density at radius 1 is 1.04 bits per heavy atom. The molecule has 3 rings (SSSR count). The molecule has 1 N–H and O–H groups in total. The van der Waals surface area contributed by atoms with E-state index < -0.39 is 0 Å². The van der Waals surface area contributed by atoms with Crippen LogP contribution in [0.25, 0.3) is 5.57 Å². The SMILES string of the molecule is CCCN1C(=O)C(Nc2ccccc2OCC)=C(c2ccc(Cl)cc2Cl)C1=O. The van der Waals surface area contributed by atoms with Crippen molar-refractivity contribution < 1.29 is 14.3 Å². The number of nitrogens with one attached hydrogen (secondary N) is 1. The van der Waals surface area contributed by atoms with Crippen molar-refractivity contribution in [2.75, 3.05) is 18.5 Å². The van der Waals surface area contributed by atoms with Crippen LogP contribution in [-0.2, 0) is 9.59 Å². The third kappa shape index (κ3) is 3.86. The molecule has 0 unspecified atom stereocenters. The number of carbonyl (C=O) groups is 2. The Hall–Kier alpha value is -2.50. The Bertz CT molecular complexity index is 956. The molecule has 0 spiro atoms. The van der Waals surface area contributed by atoms with Gasteiger partial charge in [0, 0.05) is 17.1 Å². The van der Waals surface area contributed by atoms with Gasteiger partial charge in [0.1, 0.15) is 11.4 Å². The highest BCUT2D eigenvalue weighted by Crippen LogP contribution is 2.36. The molecule has 5 nitrogen and oxygen atoms in total. The van der Waals surface area contributed by atoms with Crippen molar-refractivity contribution in [3.05, 3.63) is 63.8 Å². The number of ether oxygens (including phenoxy) is 1. The van der Waals surface area contributed by atoms with Crippen LogP contribution >= 0.6 is 23.2 Å². The molecule has 1 heterocycles. The van der Waals surface area contributed by atoms with Crippen molar-refractivity contribution in [2.24, 2.45) is 0 Å². The van der Waals surface area contributed by atoms with Crippen molar-refractivity contribution in [3.8, 4) is 5.75 Å². The summed E-state index contributed by atoms with van der Waals surface area (Å²) in [5.41, 5.74) is 1.46. The van der Waals surface area contributed by atoms with Crippen molar-refractivity contribution >= 4 is 46.3 Å². The Kier molecular flexibility index (Phi) is 6.27. The van der Waals surface area contributed by atoms with Gasteiger partial charge < -0.3 is 10.1 Å². The van der Waals surface area contributed by atoms with Crippen LogP contribution in [0.5, 0.6) is 5.75 Å². The summed E-state index contributed by atoms with van der Waals surface area (Å²) in [6.45, 7) is 4.58. The lowest BCUT2D eigenvalue weighted by Crippen LogP contribution is -2.33. The first-order valence-corrected chi connectivity index (χ1v) is 9.78. The monoisotopic (exact) mass is 418 g/mol. The number of halogens is 2. The molecule has 0 bridgehead atoms. The maximum absolute atomic E-state index is 13.0.